The maximum atomic E-state index is 12.8. The fraction of sp³-hybridized carbons (Fsp3) is 0.600. The van der Waals surface area contributed by atoms with Gasteiger partial charge in [0.15, 0.2) is 0 Å². The fourth-order valence-electron chi connectivity index (χ4n) is 3.40. The van der Waals surface area contributed by atoms with Crippen molar-refractivity contribution in [2.45, 2.75) is 43.7 Å². The van der Waals surface area contributed by atoms with Gasteiger partial charge in [-0.3, -0.25) is 4.90 Å². The number of benzene rings is 1. The molecule has 3 aliphatic heterocycles. The molecule has 20 heavy (non-hydrogen) atoms. The average Bonchev–Trinajstić information content (AvgIpc) is 2.48. The van der Waals surface area contributed by atoms with Crippen LogP contribution in [0.5, 0.6) is 0 Å². The number of likely N-dealkylation sites (N-methyl/N-ethyl adjacent to an activating group) is 1. The molecule has 0 N–H and O–H groups in total. The van der Waals surface area contributed by atoms with Gasteiger partial charge in [0.05, 0.1) is 4.90 Å². The lowest BCUT2D eigenvalue weighted by atomic mass is 9.93. The summed E-state index contributed by atoms with van der Waals surface area (Å²) < 4.78 is 27.3. The van der Waals surface area contributed by atoms with Gasteiger partial charge in [-0.1, -0.05) is 24.6 Å². The van der Waals surface area contributed by atoms with Crippen molar-refractivity contribution in [3.63, 3.8) is 0 Å². The van der Waals surface area contributed by atoms with E-state index >= 15 is 0 Å². The van der Waals surface area contributed by atoms with Gasteiger partial charge >= 0.3 is 0 Å². The maximum Gasteiger partial charge on any atom is 0.243 e. The number of nitrogens with zero attached hydrogens (tertiary/aromatic N) is 2. The number of rotatable bonds is 3. The van der Waals surface area contributed by atoms with Gasteiger partial charge in [0.2, 0.25) is 10.0 Å². The minimum absolute atomic E-state index is 0.145. The van der Waals surface area contributed by atoms with E-state index in [0.717, 1.165) is 31.5 Å². The van der Waals surface area contributed by atoms with Gasteiger partial charge in [0.1, 0.15) is 0 Å². The van der Waals surface area contributed by atoms with Gasteiger partial charge in [-0.2, -0.15) is 4.31 Å². The van der Waals surface area contributed by atoms with Crippen LogP contribution in [-0.2, 0) is 10.0 Å². The highest BCUT2D eigenvalue weighted by atomic mass is 32.2. The Bertz CT molecular complexity index is 582. The lowest BCUT2D eigenvalue weighted by molar-refractivity contribution is 0.0274. The molecular weight excluding hydrogens is 272 g/mol. The first-order valence-corrected chi connectivity index (χ1v) is 8.79. The molecule has 0 amide bonds. The van der Waals surface area contributed by atoms with E-state index in [2.05, 4.69) is 11.8 Å². The molecule has 3 saturated heterocycles. The Balaban J connectivity index is 1.88. The Hall–Kier alpha value is -0.910. The first kappa shape index (κ1) is 14.0. The molecule has 2 unspecified atom stereocenters. The van der Waals surface area contributed by atoms with Crippen molar-refractivity contribution in [2.24, 2.45) is 0 Å². The largest absolute Gasteiger partial charge is 0.298 e. The van der Waals surface area contributed by atoms with Crippen LogP contribution in [0.15, 0.2) is 29.2 Å². The zero-order valence-electron chi connectivity index (χ0n) is 12.1. The van der Waals surface area contributed by atoms with Crippen LogP contribution in [0.3, 0.4) is 0 Å². The normalized spacial score (nSPS) is 27.9. The van der Waals surface area contributed by atoms with E-state index in [4.69, 9.17) is 0 Å². The number of hydrogen-bond donors (Lipinski definition) is 0. The first-order valence-electron chi connectivity index (χ1n) is 7.35. The molecule has 110 valence electrons. The minimum Gasteiger partial charge on any atom is -0.298 e. The predicted octanol–water partition coefficient (Wildman–Crippen LogP) is 1.85. The second-order valence-corrected chi connectivity index (χ2v) is 7.75. The zero-order valence-corrected chi connectivity index (χ0v) is 12.9. The van der Waals surface area contributed by atoms with E-state index < -0.39 is 10.0 Å². The van der Waals surface area contributed by atoms with Crippen LogP contribution in [0.4, 0.5) is 0 Å². The molecule has 0 saturated carbocycles. The molecule has 3 heterocycles. The molecule has 3 fully saturated rings. The van der Waals surface area contributed by atoms with Gasteiger partial charge in [0, 0.05) is 25.2 Å². The topological polar surface area (TPSA) is 40.6 Å². The summed E-state index contributed by atoms with van der Waals surface area (Å²) in [6.45, 7) is 6.67. The second-order valence-electron chi connectivity index (χ2n) is 5.86. The lowest BCUT2D eigenvalue weighted by Crippen LogP contribution is -2.63. The summed E-state index contributed by atoms with van der Waals surface area (Å²) in [5.41, 5.74) is 1.08. The molecule has 5 heteroatoms. The number of aryl methyl sites for hydroxylation is 1. The third-order valence-corrected chi connectivity index (χ3v) is 6.56. The van der Waals surface area contributed by atoms with Crippen LogP contribution in [0.25, 0.3) is 0 Å². The summed E-state index contributed by atoms with van der Waals surface area (Å²) in [4.78, 5) is 2.84. The summed E-state index contributed by atoms with van der Waals surface area (Å²) in [6.07, 6.45) is 2.12. The van der Waals surface area contributed by atoms with Gasteiger partial charge in [-0.25, -0.2) is 8.42 Å². The van der Waals surface area contributed by atoms with Crippen molar-refractivity contribution < 1.29 is 8.42 Å². The molecule has 0 radical (unpaired) electrons. The minimum atomic E-state index is -3.33. The quantitative estimate of drug-likeness (QED) is 0.854. The van der Waals surface area contributed by atoms with Crippen LogP contribution >= 0.6 is 0 Å². The molecule has 4 nitrogen and oxygen atoms in total. The number of sulfonamides is 1. The first-order chi connectivity index (χ1) is 9.52. The Morgan fingerprint density at radius 2 is 1.75 bits per heavy atom. The molecule has 2 atom stereocenters. The highest BCUT2D eigenvalue weighted by molar-refractivity contribution is 7.89. The highest BCUT2D eigenvalue weighted by Gasteiger charge is 2.43. The highest BCUT2D eigenvalue weighted by Crippen LogP contribution is 2.32. The van der Waals surface area contributed by atoms with Crippen molar-refractivity contribution in [1.82, 2.24) is 9.21 Å². The summed E-state index contributed by atoms with van der Waals surface area (Å²) in [7, 11) is -3.33. The Kier molecular flexibility index (Phi) is 3.60. The maximum absolute atomic E-state index is 12.8. The van der Waals surface area contributed by atoms with Crippen molar-refractivity contribution in [1.29, 1.82) is 0 Å². The van der Waals surface area contributed by atoms with Crippen molar-refractivity contribution in [3.8, 4) is 0 Å². The van der Waals surface area contributed by atoms with Crippen LogP contribution < -0.4 is 0 Å². The zero-order chi connectivity index (χ0) is 14.3. The molecule has 2 bridgehead atoms. The molecule has 1 aromatic rings. The molecule has 0 aliphatic carbocycles. The summed E-state index contributed by atoms with van der Waals surface area (Å²) in [5, 5.41) is 0. The second kappa shape index (κ2) is 5.13. The molecule has 1 aromatic carbocycles. The van der Waals surface area contributed by atoms with E-state index in [1.165, 1.54) is 0 Å². The van der Waals surface area contributed by atoms with Crippen LogP contribution in [0, 0.1) is 6.92 Å². The number of piperazine rings is 1. The number of fused-ring (bicyclic) bond motifs is 3. The van der Waals surface area contributed by atoms with E-state index in [9.17, 15) is 8.42 Å². The standard InChI is InChI=1S/C15H22N2O2S/c1-3-16-10-14-7-6-13(16)11-17(14)20(18,19)15-8-4-12(2)5-9-15/h4-5,8-9,13-14H,3,6-7,10-11H2,1-2H3. The van der Waals surface area contributed by atoms with E-state index in [1.54, 1.807) is 16.4 Å². The number of hydrogen-bond acceptors (Lipinski definition) is 3. The number of piperidine rings is 2. The average molecular weight is 294 g/mol. The van der Waals surface area contributed by atoms with Gasteiger partial charge in [-0.05, 0) is 38.4 Å². The van der Waals surface area contributed by atoms with Crippen molar-refractivity contribution >= 4 is 10.0 Å². The third kappa shape index (κ3) is 2.28. The fourth-order valence-corrected chi connectivity index (χ4v) is 5.09. The lowest BCUT2D eigenvalue weighted by Gasteiger charge is -2.50. The molecule has 0 aromatic heterocycles. The molecule has 4 rings (SSSR count). The monoisotopic (exact) mass is 294 g/mol. The van der Waals surface area contributed by atoms with Gasteiger partial charge in [0.25, 0.3) is 0 Å². The Morgan fingerprint density at radius 3 is 2.30 bits per heavy atom. The third-order valence-electron chi connectivity index (χ3n) is 4.63. The molecular formula is C15H22N2O2S. The molecule has 3 aliphatic rings. The van der Waals surface area contributed by atoms with Crippen LogP contribution in [0.2, 0.25) is 0 Å². The summed E-state index contributed by atoms with van der Waals surface area (Å²) in [5.74, 6) is 0. The van der Waals surface area contributed by atoms with E-state index in [-0.39, 0.29) is 6.04 Å². The Labute approximate surface area is 121 Å². The molecule has 0 spiro atoms. The van der Waals surface area contributed by atoms with Crippen molar-refractivity contribution in [3.05, 3.63) is 29.8 Å². The van der Waals surface area contributed by atoms with Crippen LogP contribution in [0.1, 0.15) is 25.3 Å². The summed E-state index contributed by atoms with van der Waals surface area (Å²) in [6, 6.07) is 7.73. The smallest absolute Gasteiger partial charge is 0.243 e. The van der Waals surface area contributed by atoms with Crippen molar-refractivity contribution in [2.75, 3.05) is 19.6 Å². The predicted molar refractivity (Wildman–Crippen MR) is 79.1 cm³/mol. The van der Waals surface area contributed by atoms with E-state index in [1.807, 2.05) is 19.1 Å². The Morgan fingerprint density at radius 1 is 1.10 bits per heavy atom. The summed E-state index contributed by atoms with van der Waals surface area (Å²) >= 11 is 0. The van der Waals surface area contributed by atoms with E-state index in [0.29, 0.717) is 17.5 Å². The van der Waals surface area contributed by atoms with Gasteiger partial charge in [-0.15, -0.1) is 0 Å². The van der Waals surface area contributed by atoms with Crippen LogP contribution in [-0.4, -0.2) is 49.3 Å². The van der Waals surface area contributed by atoms with Gasteiger partial charge < -0.3 is 0 Å². The SMILES string of the molecule is CCN1CC2CCC1CN2S(=O)(=O)c1ccc(C)cc1.